The van der Waals surface area contributed by atoms with Gasteiger partial charge < -0.3 is 5.32 Å². The minimum absolute atomic E-state index is 0.158. The fraction of sp³-hybridized carbons (Fsp3) is 0.333. The summed E-state index contributed by atoms with van der Waals surface area (Å²) < 4.78 is 0. The van der Waals surface area contributed by atoms with Crippen LogP contribution in [0.3, 0.4) is 0 Å². The zero-order valence-corrected chi connectivity index (χ0v) is 12.3. The molecule has 0 saturated heterocycles. The highest BCUT2D eigenvalue weighted by molar-refractivity contribution is 5.46. The van der Waals surface area contributed by atoms with Crippen LogP contribution in [-0.2, 0) is 0 Å². The molecule has 0 heterocycles. The normalized spacial score (nSPS) is 13.1. The predicted octanol–water partition coefficient (Wildman–Crippen LogP) is 5.19. The Morgan fingerprint density at radius 2 is 1.42 bits per heavy atom. The van der Waals surface area contributed by atoms with Gasteiger partial charge in [0.15, 0.2) is 0 Å². The average molecular weight is 253 g/mol. The maximum Gasteiger partial charge on any atom is 0.0562 e. The summed E-state index contributed by atoms with van der Waals surface area (Å²) in [4.78, 5) is 0. The standard InChI is InChI=1S/C18H23N/c1-14-10-12-15(13-11-14)17(18(2,3)4)19-16-8-6-5-7-9-16/h5-13,17,19H,1-4H3. The van der Waals surface area contributed by atoms with E-state index in [1.54, 1.807) is 0 Å². The van der Waals surface area contributed by atoms with Gasteiger partial charge in [-0.25, -0.2) is 0 Å². The molecule has 0 fully saturated rings. The van der Waals surface area contributed by atoms with Crippen LogP contribution in [-0.4, -0.2) is 0 Å². The van der Waals surface area contributed by atoms with Crippen molar-refractivity contribution >= 4 is 5.69 Å². The Kier molecular flexibility index (Phi) is 3.94. The third-order valence-corrected chi connectivity index (χ3v) is 3.36. The molecule has 1 nitrogen and oxygen atoms in total. The number of anilines is 1. The van der Waals surface area contributed by atoms with Crippen LogP contribution in [0.25, 0.3) is 0 Å². The van der Waals surface area contributed by atoms with Gasteiger partial charge in [0.2, 0.25) is 0 Å². The van der Waals surface area contributed by atoms with Gasteiger partial charge in [-0.2, -0.15) is 0 Å². The van der Waals surface area contributed by atoms with Crippen molar-refractivity contribution in [2.24, 2.45) is 5.41 Å². The average Bonchev–Trinajstić information content (AvgIpc) is 2.37. The summed E-state index contributed by atoms with van der Waals surface area (Å²) >= 11 is 0. The number of hydrogen-bond donors (Lipinski definition) is 1. The number of nitrogens with one attached hydrogen (secondary N) is 1. The van der Waals surface area contributed by atoms with E-state index in [2.05, 4.69) is 81.5 Å². The van der Waals surface area contributed by atoms with Gasteiger partial charge in [0.05, 0.1) is 6.04 Å². The largest absolute Gasteiger partial charge is 0.378 e. The van der Waals surface area contributed by atoms with Gasteiger partial charge in [-0.05, 0) is 30.0 Å². The molecule has 1 heteroatoms. The molecule has 2 rings (SSSR count). The lowest BCUT2D eigenvalue weighted by Crippen LogP contribution is -2.25. The summed E-state index contributed by atoms with van der Waals surface area (Å²) in [5, 5.41) is 3.65. The molecule has 0 amide bonds. The van der Waals surface area contributed by atoms with E-state index in [0.717, 1.165) is 0 Å². The van der Waals surface area contributed by atoms with E-state index in [4.69, 9.17) is 0 Å². The van der Waals surface area contributed by atoms with Gasteiger partial charge in [0.25, 0.3) is 0 Å². The molecule has 0 aliphatic carbocycles. The van der Waals surface area contributed by atoms with Crippen molar-refractivity contribution < 1.29 is 0 Å². The van der Waals surface area contributed by atoms with Crippen LogP contribution in [0.2, 0.25) is 0 Å². The molecule has 0 aromatic heterocycles. The Labute approximate surface area is 116 Å². The number of para-hydroxylation sites is 1. The highest BCUT2D eigenvalue weighted by atomic mass is 14.9. The molecule has 0 aliphatic heterocycles. The number of benzene rings is 2. The van der Waals surface area contributed by atoms with Gasteiger partial charge in [0, 0.05) is 5.69 Å². The first-order valence-electron chi connectivity index (χ1n) is 6.85. The molecule has 1 unspecified atom stereocenters. The summed E-state index contributed by atoms with van der Waals surface area (Å²) in [6.07, 6.45) is 0. The van der Waals surface area contributed by atoms with Crippen LogP contribution in [0, 0.1) is 12.3 Å². The molecule has 1 atom stereocenters. The second-order valence-electron chi connectivity index (χ2n) is 6.22. The Morgan fingerprint density at radius 1 is 0.842 bits per heavy atom. The molecule has 2 aromatic carbocycles. The van der Waals surface area contributed by atoms with Gasteiger partial charge in [-0.15, -0.1) is 0 Å². The van der Waals surface area contributed by atoms with Crippen molar-refractivity contribution in [2.45, 2.75) is 33.7 Å². The van der Waals surface area contributed by atoms with Crippen LogP contribution in [0.1, 0.15) is 37.9 Å². The van der Waals surface area contributed by atoms with E-state index >= 15 is 0 Å². The molecule has 2 aromatic rings. The van der Waals surface area contributed by atoms with Crippen molar-refractivity contribution in [3.8, 4) is 0 Å². The molecule has 0 saturated carbocycles. The van der Waals surface area contributed by atoms with Crippen molar-refractivity contribution in [2.75, 3.05) is 5.32 Å². The van der Waals surface area contributed by atoms with E-state index in [1.807, 2.05) is 6.07 Å². The van der Waals surface area contributed by atoms with Gasteiger partial charge in [-0.3, -0.25) is 0 Å². The number of rotatable bonds is 3. The van der Waals surface area contributed by atoms with Crippen molar-refractivity contribution in [3.63, 3.8) is 0 Å². The fourth-order valence-corrected chi connectivity index (χ4v) is 2.26. The van der Waals surface area contributed by atoms with Crippen molar-refractivity contribution in [3.05, 3.63) is 65.7 Å². The third-order valence-electron chi connectivity index (χ3n) is 3.36. The Bertz CT molecular complexity index is 506. The molecule has 0 spiro atoms. The number of aryl methyl sites for hydroxylation is 1. The van der Waals surface area contributed by atoms with Gasteiger partial charge >= 0.3 is 0 Å². The summed E-state index contributed by atoms with van der Waals surface area (Å²) in [6.45, 7) is 8.94. The molecule has 0 aliphatic rings. The first-order valence-corrected chi connectivity index (χ1v) is 6.85. The van der Waals surface area contributed by atoms with Crippen LogP contribution in [0.15, 0.2) is 54.6 Å². The molecule has 19 heavy (non-hydrogen) atoms. The van der Waals surface area contributed by atoms with Crippen molar-refractivity contribution in [1.29, 1.82) is 0 Å². The predicted molar refractivity (Wildman–Crippen MR) is 83.4 cm³/mol. The van der Waals surface area contributed by atoms with E-state index in [0.29, 0.717) is 6.04 Å². The quantitative estimate of drug-likeness (QED) is 0.793. The minimum atomic E-state index is 0.158. The smallest absolute Gasteiger partial charge is 0.0562 e. The Balaban J connectivity index is 2.29. The summed E-state index contributed by atoms with van der Waals surface area (Å²) in [7, 11) is 0. The lowest BCUT2D eigenvalue weighted by Gasteiger charge is -2.33. The maximum atomic E-state index is 3.65. The fourth-order valence-electron chi connectivity index (χ4n) is 2.26. The van der Waals surface area contributed by atoms with Crippen LogP contribution in [0.5, 0.6) is 0 Å². The first kappa shape index (κ1) is 13.7. The first-order chi connectivity index (χ1) is 8.97. The van der Waals surface area contributed by atoms with Crippen LogP contribution in [0.4, 0.5) is 5.69 Å². The molecule has 100 valence electrons. The minimum Gasteiger partial charge on any atom is -0.378 e. The topological polar surface area (TPSA) is 12.0 Å². The SMILES string of the molecule is Cc1ccc(C(Nc2ccccc2)C(C)(C)C)cc1. The second kappa shape index (κ2) is 5.48. The third kappa shape index (κ3) is 3.60. The number of hydrogen-bond acceptors (Lipinski definition) is 1. The zero-order chi connectivity index (χ0) is 13.9. The molecular weight excluding hydrogens is 230 g/mol. The van der Waals surface area contributed by atoms with Crippen molar-refractivity contribution in [1.82, 2.24) is 0 Å². The van der Waals surface area contributed by atoms with E-state index < -0.39 is 0 Å². The van der Waals surface area contributed by atoms with E-state index in [-0.39, 0.29) is 5.41 Å². The second-order valence-corrected chi connectivity index (χ2v) is 6.22. The zero-order valence-electron chi connectivity index (χ0n) is 12.3. The van der Waals surface area contributed by atoms with E-state index in [1.165, 1.54) is 16.8 Å². The molecular formula is C18H23N. The summed E-state index contributed by atoms with van der Waals surface area (Å²) in [6, 6.07) is 19.5. The van der Waals surface area contributed by atoms with Gasteiger partial charge in [-0.1, -0.05) is 68.8 Å². The van der Waals surface area contributed by atoms with E-state index in [9.17, 15) is 0 Å². The molecule has 0 radical (unpaired) electrons. The lowest BCUT2D eigenvalue weighted by molar-refractivity contribution is 0.347. The monoisotopic (exact) mass is 253 g/mol. The van der Waals surface area contributed by atoms with Gasteiger partial charge in [0.1, 0.15) is 0 Å². The Hall–Kier alpha value is -1.76. The highest BCUT2D eigenvalue weighted by Crippen LogP contribution is 2.35. The lowest BCUT2D eigenvalue weighted by atomic mass is 9.82. The Morgan fingerprint density at radius 3 is 1.95 bits per heavy atom. The van der Waals surface area contributed by atoms with Crippen LogP contribution >= 0.6 is 0 Å². The molecule has 0 bridgehead atoms. The molecule has 1 N–H and O–H groups in total. The maximum absolute atomic E-state index is 3.65. The summed E-state index contributed by atoms with van der Waals surface area (Å²) in [5.74, 6) is 0. The highest BCUT2D eigenvalue weighted by Gasteiger charge is 2.25. The summed E-state index contributed by atoms with van der Waals surface area (Å²) in [5.41, 5.74) is 3.96. The van der Waals surface area contributed by atoms with Crippen LogP contribution < -0.4 is 5.32 Å².